The molecule has 1 heterocycles. The van der Waals surface area contributed by atoms with E-state index >= 15 is 0 Å². The zero-order chi connectivity index (χ0) is 22.4. The number of hydrogen-bond acceptors (Lipinski definition) is 5. The Morgan fingerprint density at radius 1 is 1.10 bits per heavy atom. The first-order valence-corrected chi connectivity index (χ1v) is 11.9. The summed E-state index contributed by atoms with van der Waals surface area (Å²) in [4.78, 5) is 23.7. The number of rotatable bonds is 9. The van der Waals surface area contributed by atoms with E-state index in [1.807, 2.05) is 22.8 Å². The molecule has 162 valence electrons. The number of aromatic nitrogens is 3. The van der Waals surface area contributed by atoms with Crippen molar-refractivity contribution in [3.8, 4) is 5.69 Å². The summed E-state index contributed by atoms with van der Waals surface area (Å²) in [5.74, 6) is 0.844. The minimum atomic E-state index is -0.0753. The van der Waals surface area contributed by atoms with E-state index in [-0.39, 0.29) is 17.4 Å². The summed E-state index contributed by atoms with van der Waals surface area (Å²) in [5.41, 5.74) is 1.39. The van der Waals surface area contributed by atoms with Crippen LogP contribution in [0.3, 0.4) is 0 Å². The lowest BCUT2D eigenvalue weighted by Crippen LogP contribution is -2.21. The van der Waals surface area contributed by atoms with E-state index in [4.69, 9.17) is 23.2 Å². The van der Waals surface area contributed by atoms with Gasteiger partial charge in [0, 0.05) is 29.9 Å². The molecule has 0 aliphatic heterocycles. The third-order valence-electron chi connectivity index (χ3n) is 4.31. The first kappa shape index (κ1) is 23.8. The Bertz CT molecular complexity index is 1090. The summed E-state index contributed by atoms with van der Waals surface area (Å²) in [7, 11) is 0. The molecular formula is C21H19BrCl2N4O2S. The van der Waals surface area contributed by atoms with Crippen LogP contribution in [-0.2, 0) is 11.2 Å². The maximum absolute atomic E-state index is 12.6. The van der Waals surface area contributed by atoms with Crippen molar-refractivity contribution in [3.05, 3.63) is 68.4 Å². The minimum Gasteiger partial charge on any atom is -0.356 e. The standard InChI is InChI=1S/C21H19BrCl2N4O2S/c1-13(29)25-10-2-3-20-26-27-21(28(20)16-8-9-17(23)18(24)11-16)31-12-19(30)14-4-6-15(22)7-5-14/h4-9,11H,2-3,10,12H2,1H3,(H,25,29). The summed E-state index contributed by atoms with van der Waals surface area (Å²) in [6.07, 6.45) is 1.29. The zero-order valence-corrected chi connectivity index (χ0v) is 20.5. The molecule has 1 amide bonds. The fraction of sp³-hybridized carbons (Fsp3) is 0.238. The molecule has 0 atom stereocenters. The first-order chi connectivity index (χ1) is 14.8. The van der Waals surface area contributed by atoms with Crippen molar-refractivity contribution in [2.24, 2.45) is 0 Å². The number of ketones is 1. The maximum atomic E-state index is 12.6. The second-order valence-corrected chi connectivity index (χ2v) is 9.31. The van der Waals surface area contributed by atoms with Gasteiger partial charge in [-0.2, -0.15) is 0 Å². The molecule has 1 aromatic heterocycles. The van der Waals surface area contributed by atoms with Gasteiger partial charge in [-0.15, -0.1) is 10.2 Å². The number of nitrogens with one attached hydrogen (secondary N) is 1. The van der Waals surface area contributed by atoms with Crippen LogP contribution < -0.4 is 5.32 Å². The number of hydrogen-bond donors (Lipinski definition) is 1. The van der Waals surface area contributed by atoms with Crippen molar-refractivity contribution in [1.82, 2.24) is 20.1 Å². The van der Waals surface area contributed by atoms with Gasteiger partial charge in [-0.05, 0) is 36.8 Å². The molecule has 0 fully saturated rings. The minimum absolute atomic E-state index is 0.00611. The quantitative estimate of drug-likeness (QED) is 0.223. The molecule has 0 aliphatic rings. The lowest BCUT2D eigenvalue weighted by atomic mass is 10.2. The predicted octanol–water partition coefficient (Wildman–Crippen LogP) is 5.38. The molecule has 10 heteroatoms. The van der Waals surface area contributed by atoms with Crippen molar-refractivity contribution >= 4 is 62.6 Å². The Morgan fingerprint density at radius 2 is 1.84 bits per heavy atom. The zero-order valence-electron chi connectivity index (χ0n) is 16.6. The number of benzene rings is 2. The monoisotopic (exact) mass is 540 g/mol. The lowest BCUT2D eigenvalue weighted by molar-refractivity contribution is -0.118. The number of Topliss-reactive ketones (excluding diaryl/α,β-unsaturated/α-hetero) is 1. The van der Waals surface area contributed by atoms with Gasteiger partial charge in [-0.1, -0.05) is 63.0 Å². The summed E-state index contributed by atoms with van der Waals surface area (Å²) in [6.45, 7) is 2.02. The lowest BCUT2D eigenvalue weighted by Gasteiger charge is -2.11. The third kappa shape index (κ3) is 6.55. The second kappa shape index (κ2) is 11.1. The molecule has 0 aliphatic carbocycles. The summed E-state index contributed by atoms with van der Waals surface area (Å²) < 4.78 is 2.79. The van der Waals surface area contributed by atoms with Gasteiger partial charge >= 0.3 is 0 Å². The van der Waals surface area contributed by atoms with Crippen LogP contribution in [0.1, 0.15) is 29.5 Å². The average Bonchev–Trinajstić information content (AvgIpc) is 3.14. The van der Waals surface area contributed by atoms with Crippen LogP contribution in [-0.4, -0.2) is 38.8 Å². The van der Waals surface area contributed by atoms with Gasteiger partial charge in [0.05, 0.1) is 21.5 Å². The Morgan fingerprint density at radius 3 is 2.52 bits per heavy atom. The van der Waals surface area contributed by atoms with E-state index in [1.54, 1.807) is 24.3 Å². The van der Waals surface area contributed by atoms with E-state index in [9.17, 15) is 9.59 Å². The van der Waals surface area contributed by atoms with Crippen LogP contribution in [0.15, 0.2) is 52.1 Å². The van der Waals surface area contributed by atoms with Gasteiger partial charge in [-0.3, -0.25) is 14.2 Å². The second-order valence-electron chi connectivity index (χ2n) is 6.64. The topological polar surface area (TPSA) is 76.9 Å². The molecule has 2 aromatic carbocycles. The molecule has 0 saturated carbocycles. The van der Waals surface area contributed by atoms with E-state index in [0.717, 1.165) is 10.2 Å². The Balaban J connectivity index is 1.81. The third-order valence-corrected chi connectivity index (χ3v) is 6.51. The number of aryl methyl sites for hydroxylation is 1. The van der Waals surface area contributed by atoms with Crippen LogP contribution in [0.25, 0.3) is 5.69 Å². The van der Waals surface area contributed by atoms with Crippen molar-refractivity contribution in [2.75, 3.05) is 12.3 Å². The number of thioether (sulfide) groups is 1. The fourth-order valence-electron chi connectivity index (χ4n) is 2.80. The summed E-state index contributed by atoms with van der Waals surface area (Å²) >= 11 is 17.0. The van der Waals surface area contributed by atoms with E-state index < -0.39 is 0 Å². The molecule has 3 rings (SSSR count). The van der Waals surface area contributed by atoms with Crippen LogP contribution in [0.5, 0.6) is 0 Å². The number of halogens is 3. The molecule has 0 bridgehead atoms. The Kier molecular flexibility index (Phi) is 8.54. The SMILES string of the molecule is CC(=O)NCCCc1nnc(SCC(=O)c2ccc(Br)cc2)n1-c1ccc(Cl)c(Cl)c1. The van der Waals surface area contributed by atoms with Gasteiger partial charge in [-0.25, -0.2) is 0 Å². The number of carbonyl (C=O) groups is 2. The van der Waals surface area contributed by atoms with Gasteiger partial charge < -0.3 is 5.32 Å². The molecule has 3 aromatic rings. The molecular weight excluding hydrogens is 523 g/mol. The molecule has 1 N–H and O–H groups in total. The Labute approximate surface area is 202 Å². The van der Waals surface area contributed by atoms with Crippen LogP contribution in [0, 0.1) is 0 Å². The summed E-state index contributed by atoms with van der Waals surface area (Å²) in [6, 6.07) is 12.5. The molecule has 0 spiro atoms. The van der Waals surface area contributed by atoms with Crippen molar-refractivity contribution in [1.29, 1.82) is 0 Å². The van der Waals surface area contributed by atoms with E-state index in [2.05, 4.69) is 31.4 Å². The largest absolute Gasteiger partial charge is 0.356 e. The van der Waals surface area contributed by atoms with Crippen LogP contribution >= 0.6 is 50.9 Å². The highest BCUT2D eigenvalue weighted by Crippen LogP contribution is 2.29. The van der Waals surface area contributed by atoms with Crippen LogP contribution in [0.2, 0.25) is 10.0 Å². The van der Waals surface area contributed by atoms with E-state index in [0.29, 0.717) is 46.0 Å². The molecule has 6 nitrogen and oxygen atoms in total. The van der Waals surface area contributed by atoms with Gasteiger partial charge in [0.15, 0.2) is 10.9 Å². The first-order valence-electron chi connectivity index (χ1n) is 9.41. The van der Waals surface area contributed by atoms with Gasteiger partial charge in [0.2, 0.25) is 5.91 Å². The number of carbonyl (C=O) groups excluding carboxylic acids is 2. The average molecular weight is 542 g/mol. The van der Waals surface area contributed by atoms with Crippen molar-refractivity contribution < 1.29 is 9.59 Å². The number of amides is 1. The molecule has 31 heavy (non-hydrogen) atoms. The predicted molar refractivity (Wildman–Crippen MR) is 128 cm³/mol. The fourth-order valence-corrected chi connectivity index (χ4v) is 4.22. The Hall–Kier alpha value is -1.87. The highest BCUT2D eigenvalue weighted by Gasteiger charge is 2.17. The van der Waals surface area contributed by atoms with E-state index in [1.165, 1.54) is 18.7 Å². The van der Waals surface area contributed by atoms with Gasteiger partial charge in [0.1, 0.15) is 5.82 Å². The number of nitrogens with zero attached hydrogens (tertiary/aromatic N) is 3. The van der Waals surface area contributed by atoms with Crippen LogP contribution in [0.4, 0.5) is 0 Å². The molecule has 0 saturated heterocycles. The highest BCUT2D eigenvalue weighted by molar-refractivity contribution is 9.10. The summed E-state index contributed by atoms with van der Waals surface area (Å²) in [5, 5.41) is 12.8. The smallest absolute Gasteiger partial charge is 0.216 e. The van der Waals surface area contributed by atoms with Gasteiger partial charge in [0.25, 0.3) is 0 Å². The molecule has 0 unspecified atom stereocenters. The molecule has 0 radical (unpaired) electrons. The van der Waals surface area contributed by atoms with Crippen molar-refractivity contribution in [3.63, 3.8) is 0 Å². The maximum Gasteiger partial charge on any atom is 0.216 e. The normalized spacial score (nSPS) is 10.8. The van der Waals surface area contributed by atoms with Crippen molar-refractivity contribution in [2.45, 2.75) is 24.9 Å². The highest BCUT2D eigenvalue weighted by atomic mass is 79.9.